The monoisotopic (exact) mass is 447 g/mol. The Labute approximate surface area is 191 Å². The molecule has 1 aliphatic heterocycles. The Hall–Kier alpha value is -3.64. The van der Waals surface area contributed by atoms with Gasteiger partial charge in [0.25, 0.3) is 5.78 Å². The van der Waals surface area contributed by atoms with Crippen molar-refractivity contribution in [1.82, 2.24) is 4.98 Å². The van der Waals surface area contributed by atoms with Gasteiger partial charge in [0.2, 0.25) is 0 Å². The number of ketones is 1. The van der Waals surface area contributed by atoms with Gasteiger partial charge in [-0.2, -0.15) is 0 Å². The Morgan fingerprint density at radius 1 is 1.00 bits per heavy atom. The van der Waals surface area contributed by atoms with Crippen molar-refractivity contribution in [3.63, 3.8) is 0 Å². The standard InChI is InChI=1S/C25H22ClN3O3/c1-15-5-4-6-20(27-15)29-22(16-9-13-19(14-10-16)28(2)3)21(24(31)25(29)32)23(30)17-7-11-18(26)12-8-17/h4-14,22,30H,1-3H3/t22-/m1/s1. The van der Waals surface area contributed by atoms with Gasteiger partial charge in [-0.1, -0.05) is 29.8 Å². The first kappa shape index (κ1) is 21.6. The van der Waals surface area contributed by atoms with Gasteiger partial charge in [0.1, 0.15) is 11.6 Å². The average molecular weight is 448 g/mol. The minimum atomic E-state index is -0.823. The molecule has 2 aromatic carbocycles. The summed E-state index contributed by atoms with van der Waals surface area (Å²) in [6.07, 6.45) is 0. The highest BCUT2D eigenvalue weighted by Gasteiger charge is 2.47. The van der Waals surface area contributed by atoms with E-state index in [2.05, 4.69) is 4.98 Å². The number of hydrogen-bond acceptors (Lipinski definition) is 5. The summed E-state index contributed by atoms with van der Waals surface area (Å²) in [5.41, 5.74) is 2.78. The number of Topliss-reactive ketones (excluding diaryl/α,β-unsaturated/α-hetero) is 1. The van der Waals surface area contributed by atoms with Gasteiger partial charge >= 0.3 is 5.91 Å². The molecule has 1 saturated heterocycles. The van der Waals surface area contributed by atoms with Crippen LogP contribution in [0.25, 0.3) is 5.76 Å². The van der Waals surface area contributed by atoms with Crippen molar-refractivity contribution in [1.29, 1.82) is 0 Å². The molecule has 32 heavy (non-hydrogen) atoms. The first-order valence-corrected chi connectivity index (χ1v) is 10.4. The van der Waals surface area contributed by atoms with E-state index in [9.17, 15) is 14.7 Å². The number of aliphatic hydroxyl groups is 1. The molecule has 0 saturated carbocycles. The third kappa shape index (κ3) is 3.85. The number of aromatic nitrogens is 1. The first-order valence-electron chi connectivity index (χ1n) is 10.1. The minimum Gasteiger partial charge on any atom is -0.507 e. The third-order valence-electron chi connectivity index (χ3n) is 5.41. The fourth-order valence-electron chi connectivity index (χ4n) is 3.77. The van der Waals surface area contributed by atoms with Crippen LogP contribution in [0.1, 0.15) is 22.9 Å². The lowest BCUT2D eigenvalue weighted by molar-refractivity contribution is -0.132. The maximum absolute atomic E-state index is 13.1. The number of rotatable bonds is 4. The summed E-state index contributed by atoms with van der Waals surface area (Å²) in [6, 6.07) is 18.4. The van der Waals surface area contributed by atoms with E-state index in [0.29, 0.717) is 27.7 Å². The molecule has 1 N–H and O–H groups in total. The van der Waals surface area contributed by atoms with E-state index in [1.54, 1.807) is 36.4 Å². The summed E-state index contributed by atoms with van der Waals surface area (Å²) < 4.78 is 0. The second-order valence-electron chi connectivity index (χ2n) is 7.80. The molecule has 6 nitrogen and oxygen atoms in total. The van der Waals surface area contributed by atoms with Crippen LogP contribution in [0.2, 0.25) is 5.02 Å². The van der Waals surface area contributed by atoms with Crippen molar-refractivity contribution in [2.24, 2.45) is 0 Å². The summed E-state index contributed by atoms with van der Waals surface area (Å²) in [7, 11) is 3.86. The van der Waals surface area contributed by atoms with Crippen LogP contribution in [0.15, 0.2) is 72.3 Å². The van der Waals surface area contributed by atoms with Crippen LogP contribution in [0, 0.1) is 6.92 Å². The summed E-state index contributed by atoms with van der Waals surface area (Å²) in [4.78, 5) is 34.0. The zero-order valence-corrected chi connectivity index (χ0v) is 18.7. The van der Waals surface area contributed by atoms with Gasteiger partial charge in [0.05, 0.1) is 11.6 Å². The molecule has 1 aliphatic rings. The molecule has 0 spiro atoms. The number of nitrogens with zero attached hydrogens (tertiary/aromatic N) is 3. The summed E-state index contributed by atoms with van der Waals surface area (Å²) in [5, 5.41) is 11.6. The van der Waals surface area contributed by atoms with E-state index in [0.717, 1.165) is 5.69 Å². The van der Waals surface area contributed by atoms with E-state index < -0.39 is 17.7 Å². The molecule has 0 unspecified atom stereocenters. The average Bonchev–Trinajstić information content (AvgIpc) is 3.04. The van der Waals surface area contributed by atoms with E-state index in [1.807, 2.05) is 56.3 Å². The third-order valence-corrected chi connectivity index (χ3v) is 5.66. The molecule has 1 fully saturated rings. The second kappa shape index (κ2) is 8.48. The Morgan fingerprint density at radius 2 is 1.66 bits per heavy atom. The second-order valence-corrected chi connectivity index (χ2v) is 8.24. The quantitative estimate of drug-likeness (QED) is 0.355. The number of carbonyl (C=O) groups excluding carboxylic acids is 2. The first-order chi connectivity index (χ1) is 15.3. The number of pyridine rings is 1. The van der Waals surface area contributed by atoms with Crippen molar-refractivity contribution in [2.75, 3.05) is 23.9 Å². The topological polar surface area (TPSA) is 73.7 Å². The van der Waals surface area contributed by atoms with E-state index in [4.69, 9.17) is 11.6 Å². The SMILES string of the molecule is Cc1cccc(N2C(=O)C(=O)C(=C(O)c3ccc(Cl)cc3)[C@H]2c2ccc(N(C)C)cc2)n1. The Morgan fingerprint density at radius 3 is 2.25 bits per heavy atom. The van der Waals surface area contributed by atoms with Gasteiger partial charge in [0, 0.05) is 36.1 Å². The number of hydrogen-bond donors (Lipinski definition) is 1. The zero-order chi connectivity index (χ0) is 23.0. The Balaban J connectivity index is 1.93. The number of aryl methyl sites for hydroxylation is 1. The van der Waals surface area contributed by atoms with Gasteiger partial charge in [-0.15, -0.1) is 0 Å². The fourth-order valence-corrected chi connectivity index (χ4v) is 3.89. The van der Waals surface area contributed by atoms with E-state index >= 15 is 0 Å². The van der Waals surface area contributed by atoms with Gasteiger partial charge in [0.15, 0.2) is 0 Å². The number of aliphatic hydroxyl groups excluding tert-OH is 1. The van der Waals surface area contributed by atoms with Crippen LogP contribution >= 0.6 is 11.6 Å². The van der Waals surface area contributed by atoms with Crippen LogP contribution in [0.3, 0.4) is 0 Å². The Kier molecular flexibility index (Phi) is 5.72. The largest absolute Gasteiger partial charge is 0.507 e. The molecule has 1 amide bonds. The lowest BCUT2D eigenvalue weighted by Gasteiger charge is -2.25. The Bertz CT molecular complexity index is 1220. The molecule has 162 valence electrons. The van der Waals surface area contributed by atoms with Crippen molar-refractivity contribution in [2.45, 2.75) is 13.0 Å². The maximum Gasteiger partial charge on any atom is 0.301 e. The molecule has 7 heteroatoms. The lowest BCUT2D eigenvalue weighted by Crippen LogP contribution is -2.30. The van der Waals surface area contributed by atoms with Crippen molar-refractivity contribution in [3.05, 3.63) is 94.1 Å². The van der Waals surface area contributed by atoms with Crippen molar-refractivity contribution >= 4 is 40.6 Å². The van der Waals surface area contributed by atoms with Crippen LogP contribution in [0.4, 0.5) is 11.5 Å². The summed E-state index contributed by atoms with van der Waals surface area (Å²) in [6.45, 7) is 1.81. The van der Waals surface area contributed by atoms with Crippen LogP contribution < -0.4 is 9.80 Å². The molecule has 4 rings (SSSR count). The van der Waals surface area contributed by atoms with Gasteiger partial charge in [-0.3, -0.25) is 14.5 Å². The van der Waals surface area contributed by atoms with E-state index in [1.165, 1.54) is 4.90 Å². The number of anilines is 2. The predicted octanol–water partition coefficient (Wildman–Crippen LogP) is 4.74. The summed E-state index contributed by atoms with van der Waals surface area (Å²) in [5.74, 6) is -1.40. The molecule has 2 heterocycles. The highest BCUT2D eigenvalue weighted by Crippen LogP contribution is 2.42. The number of carbonyl (C=O) groups is 2. The zero-order valence-electron chi connectivity index (χ0n) is 17.9. The number of amides is 1. The normalized spacial score (nSPS) is 17.6. The predicted molar refractivity (Wildman–Crippen MR) is 126 cm³/mol. The van der Waals surface area contributed by atoms with Crippen LogP contribution in [-0.2, 0) is 9.59 Å². The number of benzene rings is 2. The van der Waals surface area contributed by atoms with Crippen molar-refractivity contribution < 1.29 is 14.7 Å². The molecular weight excluding hydrogens is 426 g/mol. The highest BCUT2D eigenvalue weighted by atomic mass is 35.5. The van der Waals surface area contributed by atoms with Crippen molar-refractivity contribution in [3.8, 4) is 0 Å². The molecule has 1 atom stereocenters. The number of halogens is 1. The lowest BCUT2D eigenvalue weighted by atomic mass is 9.95. The molecule has 0 bridgehead atoms. The minimum absolute atomic E-state index is 0.0123. The van der Waals surface area contributed by atoms with Crippen LogP contribution in [-0.4, -0.2) is 35.9 Å². The molecular formula is C25H22ClN3O3. The smallest absolute Gasteiger partial charge is 0.301 e. The molecule has 3 aromatic rings. The van der Waals surface area contributed by atoms with Gasteiger partial charge in [-0.05, 0) is 61.0 Å². The van der Waals surface area contributed by atoms with Gasteiger partial charge < -0.3 is 10.0 Å². The fraction of sp³-hybridized carbons (Fsp3) is 0.160. The summed E-state index contributed by atoms with van der Waals surface area (Å²) >= 11 is 5.97. The molecule has 0 radical (unpaired) electrons. The van der Waals surface area contributed by atoms with Crippen LogP contribution in [0.5, 0.6) is 0 Å². The van der Waals surface area contributed by atoms with E-state index in [-0.39, 0.29) is 11.3 Å². The molecule has 1 aromatic heterocycles. The molecule has 0 aliphatic carbocycles. The highest BCUT2D eigenvalue weighted by molar-refractivity contribution is 6.51. The maximum atomic E-state index is 13.1. The van der Waals surface area contributed by atoms with Gasteiger partial charge in [-0.25, -0.2) is 4.98 Å².